The molecule has 0 bridgehead atoms. The predicted molar refractivity (Wildman–Crippen MR) is 118 cm³/mol. The zero-order chi connectivity index (χ0) is 21.1. The maximum atomic E-state index is 13.1. The number of nitrogens with one attached hydrogen (secondary N) is 1. The van der Waals surface area contributed by atoms with Gasteiger partial charge in [-0.25, -0.2) is 5.01 Å². The number of thioether (sulfide) groups is 1. The first-order chi connectivity index (χ1) is 14.7. The van der Waals surface area contributed by atoms with Crippen LogP contribution in [0.1, 0.15) is 18.7 Å². The summed E-state index contributed by atoms with van der Waals surface area (Å²) >= 11 is 1.40. The second-order valence-electron chi connectivity index (χ2n) is 6.48. The number of methoxy groups -OCH3 is 1. The number of amidine groups is 1. The number of fused-ring (bicyclic) bond motifs is 2. The van der Waals surface area contributed by atoms with Gasteiger partial charge in [-0.3, -0.25) is 15.1 Å². The lowest BCUT2D eigenvalue weighted by molar-refractivity contribution is -0.116. The standard InChI is InChI=1S/C22H22N4O3S/c1-4-13-30-22-24-21(27)18-14-9-6-7-11-16(14)23-20(26(18)25-22)15-10-8-12-17(29-5-2)19(15)28-3/h4,6-12,20H,1,5,13H2,2-3H3,(H,24,25,27)/t20-/m1/s1. The van der Waals surface area contributed by atoms with E-state index in [2.05, 4.69) is 11.9 Å². The number of amides is 1. The Hall–Kier alpha value is -3.26. The lowest BCUT2D eigenvalue weighted by atomic mass is 10.1. The molecule has 0 unspecified atom stereocenters. The van der Waals surface area contributed by atoms with Crippen molar-refractivity contribution in [3.05, 3.63) is 71.3 Å². The molecule has 0 spiro atoms. The molecule has 0 fully saturated rings. The summed E-state index contributed by atoms with van der Waals surface area (Å²) in [6.45, 7) is 6.16. The summed E-state index contributed by atoms with van der Waals surface area (Å²) in [5.41, 5.74) is 1.22. The maximum absolute atomic E-state index is 13.1. The number of ether oxygens (including phenoxy) is 2. The highest BCUT2D eigenvalue weighted by molar-refractivity contribution is 8.14. The van der Waals surface area contributed by atoms with E-state index in [0.29, 0.717) is 34.7 Å². The Kier molecular flexibility index (Phi) is 5.76. The van der Waals surface area contributed by atoms with Crippen molar-refractivity contribution in [3.63, 3.8) is 0 Å². The van der Waals surface area contributed by atoms with Gasteiger partial charge >= 0.3 is 0 Å². The van der Waals surface area contributed by atoms with Gasteiger partial charge in [-0.05, 0) is 19.1 Å². The van der Waals surface area contributed by atoms with Gasteiger partial charge in [0.1, 0.15) is 5.70 Å². The fraction of sp³-hybridized carbons (Fsp3) is 0.227. The van der Waals surface area contributed by atoms with Crippen molar-refractivity contribution >= 4 is 28.5 Å². The van der Waals surface area contributed by atoms with E-state index in [1.165, 1.54) is 11.8 Å². The average Bonchev–Trinajstić information content (AvgIpc) is 2.77. The highest BCUT2D eigenvalue weighted by Gasteiger charge is 2.36. The summed E-state index contributed by atoms with van der Waals surface area (Å²) in [6.07, 6.45) is 1.19. The van der Waals surface area contributed by atoms with Crippen LogP contribution in [0.15, 0.2) is 65.2 Å². The number of carbonyl (C=O) groups excluding carboxylic acids is 1. The second kappa shape index (κ2) is 8.62. The molecule has 8 heteroatoms. The number of benzene rings is 2. The van der Waals surface area contributed by atoms with Gasteiger partial charge in [-0.1, -0.05) is 48.2 Å². The molecule has 0 aliphatic carbocycles. The molecule has 2 aromatic carbocycles. The number of rotatable bonds is 6. The van der Waals surface area contributed by atoms with Gasteiger partial charge in [0.2, 0.25) is 0 Å². The molecule has 0 aromatic heterocycles. The molecule has 2 heterocycles. The summed E-state index contributed by atoms with van der Waals surface area (Å²) in [5, 5.41) is 11.2. The molecule has 2 aliphatic heterocycles. The smallest absolute Gasteiger partial charge is 0.276 e. The molecule has 1 atom stereocenters. The largest absolute Gasteiger partial charge is 0.492 e. The molecule has 0 saturated heterocycles. The molecule has 30 heavy (non-hydrogen) atoms. The van der Waals surface area contributed by atoms with Crippen molar-refractivity contribution in [2.45, 2.75) is 13.1 Å². The van der Waals surface area contributed by atoms with E-state index in [4.69, 9.17) is 19.6 Å². The van der Waals surface area contributed by atoms with Crippen molar-refractivity contribution in [1.82, 2.24) is 10.3 Å². The number of nitrogens with zero attached hydrogens (tertiary/aromatic N) is 3. The third-order valence-corrected chi connectivity index (χ3v) is 5.50. The normalized spacial score (nSPS) is 17.2. The van der Waals surface area contributed by atoms with Gasteiger partial charge in [0.15, 0.2) is 22.8 Å². The van der Waals surface area contributed by atoms with Crippen molar-refractivity contribution in [2.24, 2.45) is 10.1 Å². The Morgan fingerprint density at radius 2 is 2.10 bits per heavy atom. The zero-order valence-corrected chi connectivity index (χ0v) is 17.6. The van der Waals surface area contributed by atoms with Crippen molar-refractivity contribution in [1.29, 1.82) is 0 Å². The third-order valence-electron chi connectivity index (χ3n) is 4.64. The number of hydrazone groups is 1. The molecule has 0 saturated carbocycles. The minimum absolute atomic E-state index is 0.219. The maximum Gasteiger partial charge on any atom is 0.276 e. The number of carbonyl (C=O) groups is 1. The fourth-order valence-electron chi connectivity index (χ4n) is 3.46. The van der Waals surface area contributed by atoms with Crippen molar-refractivity contribution < 1.29 is 14.3 Å². The van der Waals surface area contributed by atoms with E-state index in [-0.39, 0.29) is 5.91 Å². The summed E-state index contributed by atoms with van der Waals surface area (Å²) < 4.78 is 11.4. The first-order valence-electron chi connectivity index (χ1n) is 9.57. The van der Waals surface area contributed by atoms with Gasteiger partial charge in [0.25, 0.3) is 5.91 Å². The van der Waals surface area contributed by atoms with Crippen LogP contribution in [0.5, 0.6) is 11.5 Å². The zero-order valence-electron chi connectivity index (χ0n) is 16.8. The Morgan fingerprint density at radius 1 is 1.27 bits per heavy atom. The van der Waals surface area contributed by atoms with Gasteiger partial charge in [-0.15, -0.1) is 11.7 Å². The molecule has 2 aromatic rings. The highest BCUT2D eigenvalue weighted by atomic mass is 32.2. The molecule has 2 aliphatic rings. The molecular formula is C22H22N4O3S. The summed E-state index contributed by atoms with van der Waals surface area (Å²) in [6, 6.07) is 13.2. The minimum Gasteiger partial charge on any atom is -0.492 e. The first-order valence-corrected chi connectivity index (χ1v) is 10.6. The molecule has 0 radical (unpaired) electrons. The van der Waals surface area contributed by atoms with Crippen molar-refractivity contribution in [3.8, 4) is 11.5 Å². The van der Waals surface area contributed by atoms with E-state index in [9.17, 15) is 4.79 Å². The first kappa shape index (κ1) is 20.0. The summed E-state index contributed by atoms with van der Waals surface area (Å²) in [7, 11) is 1.60. The molecular weight excluding hydrogens is 400 g/mol. The monoisotopic (exact) mass is 422 g/mol. The highest BCUT2D eigenvalue weighted by Crippen LogP contribution is 2.40. The number of para-hydroxylation sites is 2. The fourth-order valence-corrected chi connectivity index (χ4v) is 4.04. The van der Waals surface area contributed by atoms with Crippen LogP contribution < -0.4 is 25.4 Å². The lowest BCUT2D eigenvalue weighted by Gasteiger charge is -2.34. The third kappa shape index (κ3) is 3.54. The summed E-state index contributed by atoms with van der Waals surface area (Å²) in [4.78, 5) is 18.0. The Balaban J connectivity index is 1.93. The van der Waals surface area contributed by atoms with Crippen LogP contribution in [0.2, 0.25) is 0 Å². The average molecular weight is 423 g/mol. The Bertz CT molecular complexity index is 1150. The van der Waals surface area contributed by atoms with Crippen LogP contribution in [0.3, 0.4) is 0 Å². The number of hydrogen-bond donors (Lipinski definition) is 1. The van der Waals surface area contributed by atoms with Gasteiger partial charge in [0.05, 0.1) is 19.1 Å². The number of hydrogen-bond acceptors (Lipinski definition) is 7. The Labute approximate surface area is 178 Å². The molecule has 1 N–H and O–H groups in total. The van der Waals surface area contributed by atoms with E-state index in [0.717, 1.165) is 16.1 Å². The van der Waals surface area contributed by atoms with Crippen LogP contribution in [0.4, 0.5) is 0 Å². The van der Waals surface area contributed by atoms with Crippen LogP contribution in [0, 0.1) is 0 Å². The van der Waals surface area contributed by atoms with E-state index < -0.39 is 6.17 Å². The molecule has 154 valence electrons. The van der Waals surface area contributed by atoms with E-state index in [1.807, 2.05) is 49.4 Å². The van der Waals surface area contributed by atoms with Gasteiger partial charge < -0.3 is 9.47 Å². The van der Waals surface area contributed by atoms with Crippen LogP contribution in [-0.4, -0.2) is 35.6 Å². The predicted octanol–water partition coefficient (Wildman–Crippen LogP) is 2.16. The van der Waals surface area contributed by atoms with E-state index >= 15 is 0 Å². The molecule has 1 amide bonds. The minimum atomic E-state index is -0.573. The molecule has 4 rings (SSSR count). The lowest BCUT2D eigenvalue weighted by Crippen LogP contribution is -2.50. The van der Waals surface area contributed by atoms with E-state index in [1.54, 1.807) is 18.2 Å². The second-order valence-corrected chi connectivity index (χ2v) is 7.49. The topological polar surface area (TPSA) is 75.5 Å². The van der Waals surface area contributed by atoms with Crippen LogP contribution >= 0.6 is 11.8 Å². The van der Waals surface area contributed by atoms with Crippen LogP contribution in [0.25, 0.3) is 5.70 Å². The van der Waals surface area contributed by atoms with Crippen molar-refractivity contribution in [2.75, 3.05) is 19.5 Å². The van der Waals surface area contributed by atoms with Crippen LogP contribution in [-0.2, 0) is 4.79 Å². The SMILES string of the molecule is C=CCSC1=NN2C(=c3ccccc3=N[C@H]2c2cccc(OCC)c2OC)C(=O)N1. The quantitative estimate of drug-likeness (QED) is 0.722. The summed E-state index contributed by atoms with van der Waals surface area (Å²) in [5.74, 6) is 1.61. The van der Waals surface area contributed by atoms with Gasteiger partial charge in [-0.2, -0.15) is 0 Å². The van der Waals surface area contributed by atoms with Gasteiger partial charge in [0, 0.05) is 16.5 Å². The molecule has 7 nitrogen and oxygen atoms in total. The Morgan fingerprint density at radius 3 is 2.87 bits per heavy atom.